The zero-order valence-electron chi connectivity index (χ0n) is 21.1. The smallest absolute Gasteiger partial charge is 0.243 e. The predicted molar refractivity (Wildman–Crippen MR) is 143 cm³/mol. The van der Waals surface area contributed by atoms with Crippen LogP contribution in [0.5, 0.6) is 0 Å². The Morgan fingerprint density at radius 1 is 0.857 bits per heavy atom. The van der Waals surface area contributed by atoms with Crippen LogP contribution in [0.3, 0.4) is 0 Å². The van der Waals surface area contributed by atoms with E-state index in [4.69, 9.17) is 11.6 Å². The molecule has 0 aliphatic carbocycles. The maximum absolute atomic E-state index is 13.8. The molecule has 184 valence electrons. The fourth-order valence-electron chi connectivity index (χ4n) is 4.26. The molecule has 0 aliphatic rings. The molecule has 4 nitrogen and oxygen atoms in total. The molecule has 3 aromatic carbocycles. The Morgan fingerprint density at radius 3 is 2.14 bits per heavy atom. The Labute approximate surface area is 214 Å². The third-order valence-electron chi connectivity index (χ3n) is 5.83. The molecule has 0 saturated heterocycles. The van der Waals surface area contributed by atoms with Gasteiger partial charge in [-0.05, 0) is 48.6 Å². The van der Waals surface area contributed by atoms with Gasteiger partial charge in [0.1, 0.15) is 6.04 Å². The van der Waals surface area contributed by atoms with Gasteiger partial charge in [0, 0.05) is 24.5 Å². The summed E-state index contributed by atoms with van der Waals surface area (Å²) in [5, 5.41) is 3.66. The molecule has 0 unspecified atom stereocenters. The summed E-state index contributed by atoms with van der Waals surface area (Å²) in [5.74, 6) is 0.0811. The monoisotopic (exact) mass is 490 g/mol. The zero-order chi connectivity index (χ0) is 25.4. The first-order chi connectivity index (χ1) is 16.7. The molecular formula is C30H35ClN2O2. The van der Waals surface area contributed by atoms with Gasteiger partial charge in [-0.3, -0.25) is 9.59 Å². The lowest BCUT2D eigenvalue weighted by atomic mass is 10.00. The zero-order valence-corrected chi connectivity index (χ0v) is 21.8. The minimum Gasteiger partial charge on any atom is -0.354 e. The van der Waals surface area contributed by atoms with Gasteiger partial charge in [-0.25, -0.2) is 0 Å². The Bertz CT molecular complexity index is 1120. The van der Waals surface area contributed by atoms with Crippen LogP contribution in [-0.2, 0) is 29.0 Å². The molecule has 0 bridgehead atoms. The first-order valence-corrected chi connectivity index (χ1v) is 12.5. The third-order valence-corrected chi connectivity index (χ3v) is 6.07. The molecule has 3 aromatic rings. The number of hydrogen-bond donors (Lipinski definition) is 1. The maximum atomic E-state index is 13.8. The van der Waals surface area contributed by atoms with Gasteiger partial charge in [-0.1, -0.05) is 97.2 Å². The summed E-state index contributed by atoms with van der Waals surface area (Å²) in [5.41, 5.74) is 5.08. The SMILES string of the molecule is Cc1cc(C)cc(CC(=O)N(Cc2cccc(Cl)c2)[C@@H](Cc2ccccc2)C(=O)NCC(C)C)c1. The summed E-state index contributed by atoms with van der Waals surface area (Å²) in [6.07, 6.45) is 0.662. The van der Waals surface area contributed by atoms with Gasteiger partial charge in [0.15, 0.2) is 0 Å². The Hall–Kier alpha value is -3.11. The molecule has 1 atom stereocenters. The van der Waals surface area contributed by atoms with Crippen LogP contribution in [0.25, 0.3) is 0 Å². The lowest BCUT2D eigenvalue weighted by molar-refractivity contribution is -0.140. The Kier molecular flexibility index (Phi) is 9.50. The third kappa shape index (κ3) is 8.25. The number of nitrogens with zero attached hydrogens (tertiary/aromatic N) is 1. The van der Waals surface area contributed by atoms with Crippen LogP contribution in [0.4, 0.5) is 0 Å². The molecule has 5 heteroatoms. The van der Waals surface area contributed by atoms with E-state index in [0.29, 0.717) is 30.5 Å². The van der Waals surface area contributed by atoms with Crippen molar-refractivity contribution in [3.05, 3.63) is 106 Å². The van der Waals surface area contributed by atoms with Gasteiger partial charge >= 0.3 is 0 Å². The van der Waals surface area contributed by atoms with Crippen molar-refractivity contribution in [1.82, 2.24) is 10.2 Å². The molecule has 0 spiro atoms. The minimum atomic E-state index is -0.645. The van der Waals surface area contributed by atoms with Gasteiger partial charge in [0.2, 0.25) is 11.8 Å². The van der Waals surface area contributed by atoms with Crippen LogP contribution in [0, 0.1) is 19.8 Å². The summed E-state index contributed by atoms with van der Waals surface area (Å²) in [6, 6.07) is 22.8. The molecule has 0 heterocycles. The quantitative estimate of drug-likeness (QED) is 0.384. The Balaban J connectivity index is 1.97. The lowest BCUT2D eigenvalue weighted by Gasteiger charge is -2.32. The van der Waals surface area contributed by atoms with Gasteiger partial charge in [0.05, 0.1) is 6.42 Å². The van der Waals surface area contributed by atoms with E-state index in [-0.39, 0.29) is 18.2 Å². The number of aryl methyl sites for hydroxylation is 2. The average Bonchev–Trinajstić information content (AvgIpc) is 2.79. The number of amides is 2. The molecule has 0 fully saturated rings. The average molecular weight is 491 g/mol. The minimum absolute atomic E-state index is 0.0874. The van der Waals surface area contributed by atoms with E-state index < -0.39 is 6.04 Å². The van der Waals surface area contributed by atoms with Crippen molar-refractivity contribution in [3.8, 4) is 0 Å². The summed E-state index contributed by atoms with van der Waals surface area (Å²) in [4.78, 5) is 29.0. The van der Waals surface area contributed by atoms with E-state index in [1.165, 1.54) is 0 Å². The van der Waals surface area contributed by atoms with Crippen molar-refractivity contribution in [2.45, 2.75) is 53.1 Å². The van der Waals surface area contributed by atoms with Crippen molar-refractivity contribution < 1.29 is 9.59 Å². The Morgan fingerprint density at radius 2 is 1.51 bits per heavy atom. The first kappa shape index (κ1) is 26.5. The summed E-state index contributed by atoms with van der Waals surface area (Å²) in [7, 11) is 0. The topological polar surface area (TPSA) is 49.4 Å². The highest BCUT2D eigenvalue weighted by Gasteiger charge is 2.30. The number of rotatable bonds is 10. The molecule has 3 rings (SSSR count). The van der Waals surface area contributed by atoms with E-state index in [9.17, 15) is 9.59 Å². The van der Waals surface area contributed by atoms with Crippen LogP contribution in [0.1, 0.15) is 41.7 Å². The van der Waals surface area contributed by atoms with Crippen LogP contribution < -0.4 is 5.32 Å². The number of carbonyl (C=O) groups is 2. The fourth-order valence-corrected chi connectivity index (χ4v) is 4.47. The van der Waals surface area contributed by atoms with E-state index >= 15 is 0 Å². The van der Waals surface area contributed by atoms with Gasteiger partial charge in [-0.15, -0.1) is 0 Å². The number of benzene rings is 3. The van der Waals surface area contributed by atoms with E-state index in [0.717, 1.165) is 27.8 Å². The van der Waals surface area contributed by atoms with Gasteiger partial charge in [-0.2, -0.15) is 0 Å². The maximum Gasteiger partial charge on any atom is 0.243 e. The van der Waals surface area contributed by atoms with E-state index in [2.05, 4.69) is 25.2 Å². The highest BCUT2D eigenvalue weighted by atomic mass is 35.5. The molecule has 0 saturated carbocycles. The molecular weight excluding hydrogens is 456 g/mol. The molecule has 0 aromatic heterocycles. The molecule has 0 radical (unpaired) electrons. The highest BCUT2D eigenvalue weighted by molar-refractivity contribution is 6.30. The largest absolute Gasteiger partial charge is 0.354 e. The van der Waals surface area contributed by atoms with Crippen LogP contribution in [0.2, 0.25) is 5.02 Å². The van der Waals surface area contributed by atoms with Crippen molar-refractivity contribution >= 4 is 23.4 Å². The second-order valence-corrected chi connectivity index (χ2v) is 10.1. The number of nitrogens with one attached hydrogen (secondary N) is 1. The van der Waals surface area contributed by atoms with E-state index in [1.54, 1.807) is 4.90 Å². The summed E-state index contributed by atoms with van der Waals surface area (Å²) in [6.45, 7) is 9.03. The standard InChI is InChI=1S/C30H35ClN2O2/c1-21(2)19-32-30(35)28(17-24-9-6-5-7-10-24)33(20-25-11-8-12-27(31)16-25)29(34)18-26-14-22(3)13-23(4)15-26/h5-16,21,28H,17-20H2,1-4H3,(H,32,35)/t28-/m0/s1. The second kappa shape index (κ2) is 12.6. The van der Waals surface area contributed by atoms with Crippen molar-refractivity contribution in [2.75, 3.05) is 6.54 Å². The molecule has 2 amide bonds. The number of hydrogen-bond acceptors (Lipinski definition) is 2. The number of carbonyl (C=O) groups excluding carboxylic acids is 2. The van der Waals surface area contributed by atoms with Crippen molar-refractivity contribution in [2.24, 2.45) is 5.92 Å². The predicted octanol–water partition coefficient (Wildman–Crippen LogP) is 5.91. The van der Waals surface area contributed by atoms with Crippen molar-refractivity contribution in [3.63, 3.8) is 0 Å². The molecule has 35 heavy (non-hydrogen) atoms. The molecule has 1 N–H and O–H groups in total. The fraction of sp³-hybridized carbons (Fsp3) is 0.333. The molecule has 0 aliphatic heterocycles. The summed E-state index contributed by atoms with van der Waals surface area (Å²) < 4.78 is 0. The van der Waals surface area contributed by atoms with Crippen molar-refractivity contribution in [1.29, 1.82) is 0 Å². The van der Waals surface area contributed by atoms with Gasteiger partial charge in [0.25, 0.3) is 0 Å². The van der Waals surface area contributed by atoms with Crippen LogP contribution >= 0.6 is 11.6 Å². The second-order valence-electron chi connectivity index (χ2n) is 9.67. The highest BCUT2D eigenvalue weighted by Crippen LogP contribution is 2.19. The van der Waals surface area contributed by atoms with E-state index in [1.807, 2.05) is 80.6 Å². The lowest BCUT2D eigenvalue weighted by Crippen LogP contribution is -2.51. The number of halogens is 1. The van der Waals surface area contributed by atoms with Crippen LogP contribution in [0.15, 0.2) is 72.8 Å². The van der Waals surface area contributed by atoms with Crippen LogP contribution in [-0.4, -0.2) is 29.3 Å². The normalized spacial score (nSPS) is 11.8. The summed E-state index contributed by atoms with van der Waals surface area (Å²) >= 11 is 6.25. The van der Waals surface area contributed by atoms with Gasteiger partial charge < -0.3 is 10.2 Å². The first-order valence-electron chi connectivity index (χ1n) is 12.1.